The van der Waals surface area contributed by atoms with E-state index in [1.807, 2.05) is 24.1 Å². The maximum Gasteiger partial charge on any atom is 0.248 e. The molecular weight excluding hydrogens is 487 g/mol. The van der Waals surface area contributed by atoms with Crippen molar-refractivity contribution >= 4 is 36.6 Å². The highest BCUT2D eigenvalue weighted by atomic mass is 35.5. The normalized spacial score (nSPS) is 23.9. The van der Waals surface area contributed by atoms with Gasteiger partial charge in [0, 0.05) is 38.1 Å². The van der Waals surface area contributed by atoms with Gasteiger partial charge in [0.2, 0.25) is 11.8 Å². The fourth-order valence-corrected chi connectivity index (χ4v) is 5.89. The zero-order valence-corrected chi connectivity index (χ0v) is 22.7. The fourth-order valence-electron chi connectivity index (χ4n) is 5.89. The minimum atomic E-state index is -0.806. The van der Waals surface area contributed by atoms with Gasteiger partial charge in [-0.1, -0.05) is 38.7 Å². The number of aryl methyl sites for hydroxylation is 1. The zero-order valence-electron chi connectivity index (χ0n) is 21.1. The van der Waals surface area contributed by atoms with Crippen molar-refractivity contribution < 1.29 is 14.7 Å². The third-order valence-electron chi connectivity index (χ3n) is 8.03. The molecule has 2 saturated heterocycles. The van der Waals surface area contributed by atoms with E-state index in [2.05, 4.69) is 28.2 Å². The van der Waals surface area contributed by atoms with Gasteiger partial charge in [0.1, 0.15) is 11.6 Å². The molecule has 2 amide bonds. The van der Waals surface area contributed by atoms with E-state index in [9.17, 15) is 14.7 Å². The summed E-state index contributed by atoms with van der Waals surface area (Å²) in [6.07, 6.45) is 9.44. The van der Waals surface area contributed by atoms with Crippen LogP contribution in [0, 0.1) is 12.8 Å². The largest absolute Gasteiger partial charge is 0.390 e. The second kappa shape index (κ2) is 13.2. The van der Waals surface area contributed by atoms with Crippen molar-refractivity contribution in [1.82, 2.24) is 20.1 Å². The van der Waals surface area contributed by atoms with Crippen molar-refractivity contribution in [2.75, 3.05) is 19.6 Å². The van der Waals surface area contributed by atoms with E-state index in [1.165, 1.54) is 12.0 Å². The smallest absolute Gasteiger partial charge is 0.248 e. The number of likely N-dealkylation sites (tertiary alicyclic amines) is 1. The van der Waals surface area contributed by atoms with Gasteiger partial charge in [-0.2, -0.15) is 0 Å². The van der Waals surface area contributed by atoms with Crippen molar-refractivity contribution in [2.24, 2.45) is 5.92 Å². The number of unbranched alkanes of at least 4 members (excludes halogenated alkanes) is 1. The van der Waals surface area contributed by atoms with E-state index in [0.717, 1.165) is 63.9 Å². The molecule has 4 rings (SSSR count). The Morgan fingerprint density at radius 3 is 2.43 bits per heavy atom. The highest BCUT2D eigenvalue weighted by molar-refractivity contribution is 6.00. The van der Waals surface area contributed by atoms with E-state index in [-0.39, 0.29) is 42.5 Å². The average molecular weight is 530 g/mol. The number of hydrogen-bond donors (Lipinski definition) is 2. The quantitative estimate of drug-likeness (QED) is 0.564. The van der Waals surface area contributed by atoms with Crippen molar-refractivity contribution in [2.45, 2.75) is 95.9 Å². The van der Waals surface area contributed by atoms with Crippen LogP contribution in [-0.2, 0) is 16.1 Å². The number of carbonyl (C=O) groups excluding carboxylic acids is 2. The third-order valence-corrected chi connectivity index (χ3v) is 8.03. The molecule has 2 aliphatic heterocycles. The molecule has 1 aromatic heterocycles. The lowest BCUT2D eigenvalue weighted by molar-refractivity contribution is -0.166. The molecule has 1 aromatic rings. The molecule has 1 aliphatic carbocycles. The highest BCUT2D eigenvalue weighted by Gasteiger charge is 2.55. The maximum absolute atomic E-state index is 13.7. The first kappa shape index (κ1) is 29.8. The lowest BCUT2D eigenvalue weighted by Gasteiger charge is -2.52. The summed E-state index contributed by atoms with van der Waals surface area (Å²) in [7, 11) is 0. The van der Waals surface area contributed by atoms with Crippen LogP contribution < -0.4 is 5.32 Å². The van der Waals surface area contributed by atoms with Crippen LogP contribution in [0.25, 0.3) is 0 Å². The van der Waals surface area contributed by atoms with Crippen molar-refractivity contribution in [3.63, 3.8) is 0 Å². The summed E-state index contributed by atoms with van der Waals surface area (Å²) in [6, 6.07) is 3.33. The first-order valence-corrected chi connectivity index (χ1v) is 12.9. The van der Waals surface area contributed by atoms with E-state index in [0.29, 0.717) is 19.4 Å². The number of pyridine rings is 1. The number of aliphatic hydroxyl groups is 1. The molecule has 0 unspecified atom stereocenters. The molecule has 0 bridgehead atoms. The molecule has 2 N–H and O–H groups in total. The van der Waals surface area contributed by atoms with E-state index in [4.69, 9.17) is 0 Å². The number of aromatic nitrogens is 1. The van der Waals surface area contributed by atoms with Crippen molar-refractivity contribution in [3.05, 3.63) is 29.6 Å². The number of amides is 2. The molecule has 0 aromatic carbocycles. The number of halogens is 2. The number of aliphatic hydroxyl groups excluding tert-OH is 1. The van der Waals surface area contributed by atoms with Crippen LogP contribution in [0.2, 0.25) is 0 Å². The van der Waals surface area contributed by atoms with Gasteiger partial charge in [0.25, 0.3) is 0 Å². The molecular formula is C26H42Cl2N4O3. The Morgan fingerprint density at radius 2 is 1.83 bits per heavy atom. The molecule has 3 aliphatic rings. The number of piperidine rings is 1. The summed E-state index contributed by atoms with van der Waals surface area (Å²) in [5, 5.41) is 14.1. The third kappa shape index (κ3) is 6.48. The molecule has 0 radical (unpaired) electrons. The second-order valence-electron chi connectivity index (χ2n) is 10.3. The molecule has 198 valence electrons. The summed E-state index contributed by atoms with van der Waals surface area (Å²) in [4.78, 5) is 35.8. The molecule has 35 heavy (non-hydrogen) atoms. The lowest BCUT2D eigenvalue weighted by atomic mass is 9.78. The summed E-state index contributed by atoms with van der Waals surface area (Å²) in [6.45, 7) is 6.99. The van der Waals surface area contributed by atoms with Crippen LogP contribution in [0.5, 0.6) is 0 Å². The summed E-state index contributed by atoms with van der Waals surface area (Å²) >= 11 is 0. The Hall–Kier alpha value is -1.41. The van der Waals surface area contributed by atoms with Crippen LogP contribution in [0.15, 0.2) is 18.3 Å². The van der Waals surface area contributed by atoms with Gasteiger partial charge < -0.3 is 15.3 Å². The minimum Gasteiger partial charge on any atom is -0.390 e. The van der Waals surface area contributed by atoms with Gasteiger partial charge in [-0.05, 0) is 56.6 Å². The Bertz CT molecular complexity index is 824. The van der Waals surface area contributed by atoms with Crippen LogP contribution >= 0.6 is 24.8 Å². The van der Waals surface area contributed by atoms with Crippen LogP contribution in [-0.4, -0.2) is 69.0 Å². The van der Waals surface area contributed by atoms with Crippen molar-refractivity contribution in [3.8, 4) is 0 Å². The second-order valence-corrected chi connectivity index (χ2v) is 10.3. The van der Waals surface area contributed by atoms with Crippen LogP contribution in [0.3, 0.4) is 0 Å². The SMILES string of the molecule is CCCCN1C(=O)[C@@H]([C@H](O)C2CCCCC2)NC(=O)C12CCN(Cc1ccc(C)nc1)CC2.Cl.Cl. The van der Waals surface area contributed by atoms with Gasteiger partial charge in [0.05, 0.1) is 6.10 Å². The predicted octanol–water partition coefficient (Wildman–Crippen LogP) is 3.64. The van der Waals surface area contributed by atoms with E-state index < -0.39 is 17.7 Å². The fraction of sp³-hybridized carbons (Fsp3) is 0.731. The van der Waals surface area contributed by atoms with Gasteiger partial charge in [-0.25, -0.2) is 0 Å². The molecule has 1 spiro atoms. The molecule has 2 atom stereocenters. The summed E-state index contributed by atoms with van der Waals surface area (Å²) in [5.74, 6) is -0.0629. The lowest BCUT2D eigenvalue weighted by Crippen LogP contribution is -2.75. The number of nitrogens with zero attached hydrogens (tertiary/aromatic N) is 3. The van der Waals surface area contributed by atoms with E-state index >= 15 is 0 Å². The molecule has 3 fully saturated rings. The molecule has 3 heterocycles. The standard InChI is InChI=1S/C26H40N4O3.2ClH/c1-3-4-14-30-24(32)22(23(31)21-8-6-5-7-9-21)28-25(33)26(30)12-15-29(16-13-26)18-20-11-10-19(2)27-17-20;;/h10-11,17,21-23,31H,3-9,12-16,18H2,1-2H3,(H,28,33);2*1H/t22-,23-;;/m1../s1. The number of piperazine rings is 1. The Kier molecular flexibility index (Phi) is 11.3. The first-order chi connectivity index (χ1) is 15.9. The molecule has 1 saturated carbocycles. The maximum atomic E-state index is 13.7. The monoisotopic (exact) mass is 528 g/mol. The summed E-state index contributed by atoms with van der Waals surface area (Å²) in [5.41, 5.74) is 1.38. The summed E-state index contributed by atoms with van der Waals surface area (Å²) < 4.78 is 0. The number of hydrogen-bond acceptors (Lipinski definition) is 5. The molecule has 9 heteroatoms. The van der Waals surface area contributed by atoms with Gasteiger partial charge in [-0.15, -0.1) is 24.8 Å². The Labute approximate surface area is 222 Å². The predicted molar refractivity (Wildman–Crippen MR) is 142 cm³/mol. The van der Waals surface area contributed by atoms with Crippen LogP contribution in [0.4, 0.5) is 0 Å². The van der Waals surface area contributed by atoms with Crippen LogP contribution in [0.1, 0.15) is 76.0 Å². The highest BCUT2D eigenvalue weighted by Crippen LogP contribution is 2.36. The van der Waals surface area contributed by atoms with Gasteiger partial charge >= 0.3 is 0 Å². The zero-order chi connectivity index (χ0) is 23.4. The van der Waals surface area contributed by atoms with Gasteiger partial charge in [-0.3, -0.25) is 19.5 Å². The Balaban J connectivity index is 0.00000216. The van der Waals surface area contributed by atoms with Crippen molar-refractivity contribution in [1.29, 1.82) is 0 Å². The topological polar surface area (TPSA) is 85.8 Å². The Morgan fingerprint density at radius 1 is 1.14 bits per heavy atom. The molecule has 7 nitrogen and oxygen atoms in total. The number of carbonyl (C=O) groups is 2. The average Bonchev–Trinajstić information content (AvgIpc) is 2.84. The number of rotatable bonds is 7. The number of nitrogens with one attached hydrogen (secondary N) is 1. The van der Waals surface area contributed by atoms with E-state index in [1.54, 1.807) is 0 Å². The van der Waals surface area contributed by atoms with Gasteiger partial charge in [0.15, 0.2) is 0 Å². The minimum absolute atomic E-state index is 0. The first-order valence-electron chi connectivity index (χ1n) is 12.9.